The minimum atomic E-state index is -3.56. The number of benzene rings is 1. The zero-order valence-corrected chi connectivity index (χ0v) is 14.3. The zero-order chi connectivity index (χ0) is 16.9. The van der Waals surface area contributed by atoms with Gasteiger partial charge in [-0.1, -0.05) is 0 Å². The number of hydrogen-bond donors (Lipinski definition) is 0. The van der Waals surface area contributed by atoms with E-state index in [9.17, 15) is 13.2 Å². The molecule has 0 aliphatic carbocycles. The molecule has 3 aliphatic rings. The number of anilines is 1. The summed E-state index contributed by atoms with van der Waals surface area (Å²) in [6, 6.07) is 4.75. The van der Waals surface area contributed by atoms with Crippen molar-refractivity contribution < 1.29 is 22.7 Å². The predicted octanol–water partition coefficient (Wildman–Crippen LogP) is 1.04. The van der Waals surface area contributed by atoms with E-state index in [2.05, 4.69) is 0 Å². The maximum atomic E-state index is 12.8. The van der Waals surface area contributed by atoms with E-state index in [0.29, 0.717) is 44.0 Å². The molecule has 3 aliphatic heterocycles. The number of carbonyl (C=O) groups excluding carboxylic acids is 1. The molecule has 8 heteroatoms. The summed E-state index contributed by atoms with van der Waals surface area (Å²) in [7, 11) is -1.91. The van der Waals surface area contributed by atoms with Crippen LogP contribution in [0.25, 0.3) is 0 Å². The van der Waals surface area contributed by atoms with Crippen molar-refractivity contribution in [1.82, 2.24) is 4.31 Å². The number of rotatable bonds is 2. The topological polar surface area (TPSA) is 76.1 Å². The molecule has 1 amide bonds. The molecule has 0 N–H and O–H groups in total. The second-order valence-corrected chi connectivity index (χ2v) is 8.26. The van der Waals surface area contributed by atoms with Crippen LogP contribution in [0.2, 0.25) is 0 Å². The molecule has 0 bridgehead atoms. The summed E-state index contributed by atoms with van der Waals surface area (Å²) in [6.07, 6.45) is 2.46. The highest BCUT2D eigenvalue weighted by atomic mass is 32.2. The molecular weight excluding hydrogens is 332 g/mol. The van der Waals surface area contributed by atoms with E-state index in [1.807, 2.05) is 0 Å². The highest BCUT2D eigenvalue weighted by Gasteiger charge is 2.54. The van der Waals surface area contributed by atoms with Crippen LogP contribution in [0.5, 0.6) is 0 Å². The Morgan fingerprint density at radius 2 is 1.75 bits per heavy atom. The van der Waals surface area contributed by atoms with E-state index in [1.54, 1.807) is 19.2 Å². The van der Waals surface area contributed by atoms with Crippen molar-refractivity contribution in [3.63, 3.8) is 0 Å². The minimum absolute atomic E-state index is 0.184. The van der Waals surface area contributed by atoms with Gasteiger partial charge in [0.05, 0.1) is 23.8 Å². The first-order chi connectivity index (χ1) is 11.5. The lowest BCUT2D eigenvalue weighted by Gasteiger charge is -2.32. The Morgan fingerprint density at radius 3 is 2.42 bits per heavy atom. The molecule has 1 aromatic carbocycles. The first-order valence-corrected chi connectivity index (χ1v) is 9.61. The fraction of sp³-hybridized carbons (Fsp3) is 0.562. The van der Waals surface area contributed by atoms with Gasteiger partial charge in [0.1, 0.15) is 0 Å². The molecule has 130 valence electrons. The van der Waals surface area contributed by atoms with Gasteiger partial charge >= 0.3 is 0 Å². The number of sulfonamides is 1. The summed E-state index contributed by atoms with van der Waals surface area (Å²) in [5, 5.41) is 0. The van der Waals surface area contributed by atoms with Crippen LogP contribution in [0, 0.1) is 0 Å². The Labute approximate surface area is 141 Å². The van der Waals surface area contributed by atoms with E-state index < -0.39 is 15.8 Å². The Bertz CT molecular complexity index is 780. The van der Waals surface area contributed by atoms with Gasteiger partial charge in [-0.2, -0.15) is 4.31 Å². The van der Waals surface area contributed by atoms with Crippen LogP contribution >= 0.6 is 0 Å². The van der Waals surface area contributed by atoms with Crippen LogP contribution in [0.4, 0.5) is 5.69 Å². The molecule has 0 saturated carbocycles. The average Bonchev–Trinajstić information content (AvgIpc) is 3.21. The Kier molecular flexibility index (Phi) is 3.68. The number of ether oxygens (including phenoxy) is 2. The molecule has 24 heavy (non-hydrogen) atoms. The Balaban J connectivity index is 1.81. The van der Waals surface area contributed by atoms with Gasteiger partial charge in [-0.3, -0.25) is 4.79 Å². The predicted molar refractivity (Wildman–Crippen MR) is 86.0 cm³/mol. The summed E-state index contributed by atoms with van der Waals surface area (Å²) in [6.45, 7) is 1.89. The lowest BCUT2D eigenvalue weighted by Crippen LogP contribution is -2.46. The highest BCUT2D eigenvalue weighted by molar-refractivity contribution is 7.89. The van der Waals surface area contributed by atoms with Gasteiger partial charge in [0.25, 0.3) is 11.7 Å². The standard InChI is InChI=1S/C16H20N2O5S/c1-17-14-6-5-12(24(20,21)18-7-2-3-8-18)11-13(14)16(15(17)19)22-9-4-10-23-16/h5-6,11H,2-4,7-10H2,1H3. The Morgan fingerprint density at radius 1 is 1.08 bits per heavy atom. The van der Waals surface area contributed by atoms with Crippen molar-refractivity contribution >= 4 is 21.6 Å². The summed E-state index contributed by atoms with van der Waals surface area (Å²) >= 11 is 0. The van der Waals surface area contributed by atoms with Crippen molar-refractivity contribution in [1.29, 1.82) is 0 Å². The molecule has 0 aromatic heterocycles. The molecule has 3 heterocycles. The molecular formula is C16H20N2O5S. The fourth-order valence-electron chi connectivity index (χ4n) is 3.57. The lowest BCUT2D eigenvalue weighted by molar-refractivity contribution is -0.256. The van der Waals surface area contributed by atoms with E-state index in [1.165, 1.54) is 15.3 Å². The van der Waals surface area contributed by atoms with E-state index in [4.69, 9.17) is 9.47 Å². The van der Waals surface area contributed by atoms with Crippen LogP contribution in [0.1, 0.15) is 24.8 Å². The minimum Gasteiger partial charge on any atom is -0.338 e. The number of amides is 1. The smallest absolute Gasteiger partial charge is 0.292 e. The third-order valence-electron chi connectivity index (χ3n) is 4.87. The second kappa shape index (κ2) is 5.52. The number of fused-ring (bicyclic) bond motifs is 2. The molecule has 2 saturated heterocycles. The van der Waals surface area contributed by atoms with Gasteiger partial charge in [-0.25, -0.2) is 8.42 Å². The van der Waals surface area contributed by atoms with Gasteiger partial charge in [0, 0.05) is 25.7 Å². The van der Waals surface area contributed by atoms with Gasteiger partial charge in [0.15, 0.2) is 0 Å². The second-order valence-electron chi connectivity index (χ2n) is 6.32. The van der Waals surface area contributed by atoms with Gasteiger partial charge in [-0.05, 0) is 37.5 Å². The number of carbonyl (C=O) groups is 1. The van der Waals surface area contributed by atoms with Crippen molar-refractivity contribution in [3.05, 3.63) is 23.8 Å². The Hall–Kier alpha value is -1.48. The third-order valence-corrected chi connectivity index (χ3v) is 6.77. The quantitative estimate of drug-likeness (QED) is 0.795. The van der Waals surface area contributed by atoms with Gasteiger partial charge in [0.2, 0.25) is 10.0 Å². The van der Waals surface area contributed by atoms with Crippen molar-refractivity contribution in [3.8, 4) is 0 Å². The molecule has 0 unspecified atom stereocenters. The molecule has 4 rings (SSSR count). The van der Waals surface area contributed by atoms with Crippen molar-refractivity contribution in [2.45, 2.75) is 29.9 Å². The number of likely N-dealkylation sites (N-methyl/N-ethyl adjacent to an activating group) is 1. The summed E-state index contributed by atoms with van der Waals surface area (Å²) in [5.41, 5.74) is 1.11. The van der Waals surface area contributed by atoms with Crippen LogP contribution < -0.4 is 4.90 Å². The largest absolute Gasteiger partial charge is 0.338 e. The van der Waals surface area contributed by atoms with Crippen molar-refractivity contribution in [2.24, 2.45) is 0 Å². The van der Waals surface area contributed by atoms with Crippen LogP contribution in [0.3, 0.4) is 0 Å². The average molecular weight is 352 g/mol. The SMILES string of the molecule is CN1C(=O)C2(OCCCO2)c2cc(S(=O)(=O)N3CCCC3)ccc21. The summed E-state index contributed by atoms with van der Waals surface area (Å²) in [4.78, 5) is 14.3. The van der Waals surface area contributed by atoms with Crippen molar-refractivity contribution in [2.75, 3.05) is 38.3 Å². The fourth-order valence-corrected chi connectivity index (χ4v) is 5.11. The number of hydrogen-bond acceptors (Lipinski definition) is 5. The van der Waals surface area contributed by atoms with Crippen LogP contribution in [0.15, 0.2) is 23.1 Å². The third kappa shape index (κ3) is 2.13. The van der Waals surface area contributed by atoms with Crippen LogP contribution in [-0.4, -0.2) is 52.0 Å². The molecule has 0 atom stereocenters. The number of nitrogens with zero attached hydrogens (tertiary/aromatic N) is 2. The van der Waals surface area contributed by atoms with Crippen LogP contribution in [-0.2, 0) is 30.1 Å². The molecule has 1 spiro atoms. The normalized spacial score (nSPS) is 23.9. The summed E-state index contributed by atoms with van der Waals surface area (Å²) in [5.74, 6) is -1.81. The monoisotopic (exact) mass is 352 g/mol. The van der Waals surface area contributed by atoms with Gasteiger partial charge in [-0.15, -0.1) is 0 Å². The molecule has 7 nitrogen and oxygen atoms in total. The first-order valence-electron chi connectivity index (χ1n) is 8.17. The highest BCUT2D eigenvalue weighted by Crippen LogP contribution is 2.45. The van der Waals surface area contributed by atoms with Gasteiger partial charge < -0.3 is 14.4 Å². The maximum absolute atomic E-state index is 12.8. The molecule has 2 fully saturated rings. The van der Waals surface area contributed by atoms with E-state index in [-0.39, 0.29) is 10.8 Å². The van der Waals surface area contributed by atoms with E-state index >= 15 is 0 Å². The lowest BCUT2D eigenvalue weighted by atomic mass is 10.1. The summed E-state index contributed by atoms with van der Waals surface area (Å²) < 4.78 is 38.5. The first kappa shape index (κ1) is 16.0. The maximum Gasteiger partial charge on any atom is 0.292 e. The zero-order valence-electron chi connectivity index (χ0n) is 13.5. The molecule has 0 radical (unpaired) electrons. The van der Waals surface area contributed by atoms with E-state index in [0.717, 1.165) is 12.8 Å². The molecule has 1 aromatic rings.